The van der Waals surface area contributed by atoms with E-state index in [0.717, 1.165) is 16.1 Å². The molecule has 0 radical (unpaired) electrons. The molecule has 1 N–H and O–H groups in total. The molecule has 27 heavy (non-hydrogen) atoms. The summed E-state index contributed by atoms with van der Waals surface area (Å²) in [6.45, 7) is -0.0141. The van der Waals surface area contributed by atoms with Crippen molar-refractivity contribution in [2.75, 3.05) is 23.9 Å². The quantitative estimate of drug-likeness (QED) is 0.802. The molecule has 1 amide bonds. The van der Waals surface area contributed by atoms with Gasteiger partial charge in [0.2, 0.25) is 22.7 Å². The van der Waals surface area contributed by atoms with Gasteiger partial charge < -0.3 is 14.8 Å². The molecule has 0 atom stereocenters. The van der Waals surface area contributed by atoms with Gasteiger partial charge in [-0.15, -0.1) is 0 Å². The van der Waals surface area contributed by atoms with Crippen LogP contribution in [0.15, 0.2) is 42.5 Å². The number of nitrogens with zero attached hydrogens (tertiary/aromatic N) is 2. The highest BCUT2D eigenvalue weighted by Gasteiger charge is 2.21. The molecular formula is C18H17N3O5S. The fourth-order valence-electron chi connectivity index (χ4n) is 2.57. The van der Waals surface area contributed by atoms with E-state index in [0.29, 0.717) is 17.1 Å². The first-order valence-corrected chi connectivity index (χ1v) is 9.85. The van der Waals surface area contributed by atoms with Crippen LogP contribution in [0.25, 0.3) is 0 Å². The molecule has 0 aromatic heterocycles. The van der Waals surface area contributed by atoms with Gasteiger partial charge >= 0.3 is 0 Å². The summed E-state index contributed by atoms with van der Waals surface area (Å²) in [5.74, 6) is 0.777. The number of rotatable bonds is 6. The maximum atomic E-state index is 12.3. The van der Waals surface area contributed by atoms with Crippen LogP contribution in [0, 0.1) is 11.3 Å². The third kappa shape index (κ3) is 4.48. The molecular weight excluding hydrogens is 370 g/mol. The van der Waals surface area contributed by atoms with Gasteiger partial charge in [0.15, 0.2) is 11.5 Å². The highest BCUT2D eigenvalue weighted by molar-refractivity contribution is 7.92. The molecule has 0 fully saturated rings. The molecule has 140 valence electrons. The van der Waals surface area contributed by atoms with Crippen LogP contribution >= 0.6 is 0 Å². The highest BCUT2D eigenvalue weighted by Crippen LogP contribution is 2.32. The molecule has 0 aliphatic carbocycles. The van der Waals surface area contributed by atoms with Crippen molar-refractivity contribution in [1.82, 2.24) is 5.32 Å². The Morgan fingerprint density at radius 1 is 1.22 bits per heavy atom. The molecule has 9 heteroatoms. The van der Waals surface area contributed by atoms with Gasteiger partial charge in [0.1, 0.15) is 6.54 Å². The third-order valence-corrected chi connectivity index (χ3v) is 5.02. The van der Waals surface area contributed by atoms with Gasteiger partial charge in [-0.1, -0.05) is 12.1 Å². The van der Waals surface area contributed by atoms with Gasteiger partial charge in [-0.2, -0.15) is 5.26 Å². The Labute approximate surface area is 157 Å². The van der Waals surface area contributed by atoms with E-state index in [1.54, 1.807) is 30.3 Å². The number of ether oxygens (including phenoxy) is 2. The molecule has 0 bridgehead atoms. The van der Waals surface area contributed by atoms with E-state index >= 15 is 0 Å². The lowest BCUT2D eigenvalue weighted by atomic mass is 10.2. The van der Waals surface area contributed by atoms with Crippen molar-refractivity contribution in [3.05, 3.63) is 53.6 Å². The second kappa shape index (κ2) is 7.55. The maximum Gasteiger partial charge on any atom is 0.241 e. The topological polar surface area (TPSA) is 109 Å². The molecule has 1 heterocycles. The van der Waals surface area contributed by atoms with Crippen molar-refractivity contribution in [3.63, 3.8) is 0 Å². The summed E-state index contributed by atoms with van der Waals surface area (Å²) in [6.07, 6.45) is 1.01. The Morgan fingerprint density at radius 2 is 2.00 bits per heavy atom. The highest BCUT2D eigenvalue weighted by atomic mass is 32.2. The van der Waals surface area contributed by atoms with Crippen LogP contribution in [0.3, 0.4) is 0 Å². The number of carbonyl (C=O) groups excluding carboxylic acids is 1. The molecule has 2 aromatic carbocycles. The van der Waals surface area contributed by atoms with E-state index < -0.39 is 22.5 Å². The minimum absolute atomic E-state index is 0.163. The second-order valence-corrected chi connectivity index (χ2v) is 7.80. The van der Waals surface area contributed by atoms with Crippen molar-refractivity contribution < 1.29 is 22.7 Å². The van der Waals surface area contributed by atoms with Crippen LogP contribution in [0.2, 0.25) is 0 Å². The Balaban J connectivity index is 1.69. The minimum Gasteiger partial charge on any atom is -0.454 e. The Hall–Kier alpha value is -3.25. The number of nitriles is 1. The van der Waals surface area contributed by atoms with Gasteiger partial charge in [-0.3, -0.25) is 9.10 Å². The summed E-state index contributed by atoms with van der Waals surface area (Å²) >= 11 is 0. The van der Waals surface area contributed by atoms with E-state index in [4.69, 9.17) is 14.7 Å². The first-order valence-electron chi connectivity index (χ1n) is 8.00. The lowest BCUT2D eigenvalue weighted by Crippen LogP contribution is -2.40. The number of sulfonamides is 1. The predicted octanol–water partition coefficient (Wildman–Crippen LogP) is 1.37. The summed E-state index contributed by atoms with van der Waals surface area (Å²) < 4.78 is 35.7. The van der Waals surface area contributed by atoms with Crippen molar-refractivity contribution in [2.24, 2.45) is 0 Å². The maximum absolute atomic E-state index is 12.3. The normalized spacial score (nSPS) is 12.3. The minimum atomic E-state index is -3.70. The summed E-state index contributed by atoms with van der Waals surface area (Å²) in [5.41, 5.74) is 1.36. The van der Waals surface area contributed by atoms with Crippen molar-refractivity contribution in [1.29, 1.82) is 5.26 Å². The average Bonchev–Trinajstić information content (AvgIpc) is 3.11. The van der Waals surface area contributed by atoms with Crippen molar-refractivity contribution in [3.8, 4) is 17.6 Å². The molecule has 0 saturated carbocycles. The summed E-state index contributed by atoms with van der Waals surface area (Å²) in [6, 6.07) is 13.3. The van der Waals surface area contributed by atoms with Crippen LogP contribution in [-0.4, -0.2) is 33.9 Å². The van der Waals surface area contributed by atoms with Crippen LogP contribution in [0.5, 0.6) is 11.5 Å². The van der Waals surface area contributed by atoms with E-state index in [1.807, 2.05) is 6.07 Å². The Morgan fingerprint density at radius 3 is 2.74 bits per heavy atom. The molecule has 1 aliphatic heterocycles. The van der Waals surface area contributed by atoms with Gasteiger partial charge in [0, 0.05) is 6.54 Å². The van der Waals surface area contributed by atoms with E-state index in [1.165, 1.54) is 12.1 Å². The number of hydrogen-bond donors (Lipinski definition) is 1. The zero-order chi connectivity index (χ0) is 19.4. The lowest BCUT2D eigenvalue weighted by molar-refractivity contribution is -0.119. The molecule has 8 nitrogen and oxygen atoms in total. The first kappa shape index (κ1) is 18.5. The third-order valence-electron chi connectivity index (χ3n) is 3.88. The number of nitrogens with one attached hydrogen (secondary N) is 1. The molecule has 2 aromatic rings. The number of fused-ring (bicyclic) bond motifs is 1. The summed E-state index contributed by atoms with van der Waals surface area (Å²) in [4.78, 5) is 12.3. The van der Waals surface area contributed by atoms with E-state index in [2.05, 4.69) is 5.32 Å². The fraction of sp³-hybridized carbons (Fsp3) is 0.222. The first-order chi connectivity index (χ1) is 12.9. The molecule has 1 aliphatic rings. The van der Waals surface area contributed by atoms with Crippen LogP contribution in [0.1, 0.15) is 11.1 Å². The molecule has 0 saturated heterocycles. The number of amides is 1. The second-order valence-electron chi connectivity index (χ2n) is 5.90. The van der Waals surface area contributed by atoms with Crippen molar-refractivity contribution in [2.45, 2.75) is 6.54 Å². The van der Waals surface area contributed by atoms with Gasteiger partial charge in [-0.05, 0) is 35.9 Å². The zero-order valence-corrected chi connectivity index (χ0v) is 15.3. The lowest BCUT2D eigenvalue weighted by Gasteiger charge is -2.22. The fourth-order valence-corrected chi connectivity index (χ4v) is 3.42. The average molecular weight is 387 g/mol. The molecule has 3 rings (SSSR count). The molecule has 0 unspecified atom stereocenters. The largest absolute Gasteiger partial charge is 0.454 e. The van der Waals surface area contributed by atoms with Gasteiger partial charge in [-0.25, -0.2) is 8.42 Å². The SMILES string of the molecule is CS(=O)(=O)N(CC(=O)NCc1ccc2c(c1)OCO2)c1cccc(C#N)c1. The number of anilines is 1. The summed E-state index contributed by atoms with van der Waals surface area (Å²) in [5, 5.41) is 11.7. The molecule has 0 spiro atoms. The van der Waals surface area contributed by atoms with Gasteiger partial charge in [0.05, 0.1) is 23.6 Å². The van der Waals surface area contributed by atoms with Crippen LogP contribution in [0.4, 0.5) is 5.69 Å². The van der Waals surface area contributed by atoms with E-state index in [9.17, 15) is 13.2 Å². The summed E-state index contributed by atoms with van der Waals surface area (Å²) in [7, 11) is -3.70. The Kier molecular flexibility index (Phi) is 5.19. The van der Waals surface area contributed by atoms with E-state index in [-0.39, 0.29) is 19.0 Å². The predicted molar refractivity (Wildman–Crippen MR) is 97.8 cm³/mol. The van der Waals surface area contributed by atoms with Crippen molar-refractivity contribution >= 4 is 21.6 Å². The number of benzene rings is 2. The Bertz CT molecular complexity index is 1010. The zero-order valence-electron chi connectivity index (χ0n) is 14.5. The number of hydrogen-bond acceptors (Lipinski definition) is 6. The standard InChI is InChI=1S/C18H17N3O5S/c1-27(23,24)21(15-4-2-3-13(7-15)9-19)11-18(22)20-10-14-5-6-16-17(8-14)26-12-25-16/h2-8H,10-12H2,1H3,(H,20,22). The smallest absolute Gasteiger partial charge is 0.241 e. The van der Waals surface area contributed by atoms with Crippen LogP contribution < -0.4 is 19.1 Å². The van der Waals surface area contributed by atoms with Crippen LogP contribution in [-0.2, 0) is 21.4 Å². The monoisotopic (exact) mass is 387 g/mol. The van der Waals surface area contributed by atoms with Gasteiger partial charge in [0.25, 0.3) is 0 Å². The number of carbonyl (C=O) groups is 1.